The minimum Gasteiger partial charge on any atom is -0.411 e. The Morgan fingerprint density at radius 2 is 1.95 bits per heavy atom. The van der Waals surface area contributed by atoms with E-state index in [9.17, 15) is 5.21 Å². The quantitative estimate of drug-likeness (QED) is 0.654. The van der Waals surface area contributed by atoms with E-state index in [2.05, 4.69) is 55.5 Å². The normalized spacial score (nSPS) is 36.6. The fourth-order valence-corrected chi connectivity index (χ4v) is 4.24. The molecule has 108 valence electrons. The van der Waals surface area contributed by atoms with Gasteiger partial charge in [0.25, 0.3) is 0 Å². The molecule has 0 heterocycles. The molecule has 0 radical (unpaired) electrons. The maximum absolute atomic E-state index is 9.38. The first kappa shape index (κ1) is 13.6. The van der Waals surface area contributed by atoms with Crippen molar-refractivity contribution in [3.63, 3.8) is 0 Å². The van der Waals surface area contributed by atoms with Crippen LogP contribution in [0.1, 0.15) is 39.2 Å². The monoisotopic (exact) mass is 272 g/mol. The summed E-state index contributed by atoms with van der Waals surface area (Å²) in [4.78, 5) is 0. The summed E-state index contributed by atoms with van der Waals surface area (Å²) in [6.07, 6.45) is 2.16. The summed E-state index contributed by atoms with van der Waals surface area (Å²) in [7, 11) is 0. The van der Waals surface area contributed by atoms with Crippen LogP contribution in [0.15, 0.2) is 35.5 Å². The number of rotatable bonds is 3. The summed E-state index contributed by atoms with van der Waals surface area (Å²) in [5, 5.41) is 16.7. The van der Waals surface area contributed by atoms with Crippen molar-refractivity contribution in [3.05, 3.63) is 35.9 Å². The van der Waals surface area contributed by atoms with Crippen molar-refractivity contribution in [2.24, 2.45) is 22.4 Å². The maximum Gasteiger partial charge on any atom is 0.0774 e. The predicted octanol–water partition coefficient (Wildman–Crippen LogP) is 3.43. The van der Waals surface area contributed by atoms with Crippen LogP contribution in [-0.4, -0.2) is 16.5 Å². The molecular weight excluding hydrogens is 248 g/mol. The number of hydrogen-bond donors (Lipinski definition) is 2. The van der Waals surface area contributed by atoms with Gasteiger partial charge in [-0.25, -0.2) is 0 Å². The highest BCUT2D eigenvalue weighted by atomic mass is 16.4. The van der Waals surface area contributed by atoms with Crippen molar-refractivity contribution >= 4 is 5.71 Å². The summed E-state index contributed by atoms with van der Waals surface area (Å²) in [6.45, 7) is 7.71. The average Bonchev–Trinajstić information content (AvgIpc) is 2.46. The largest absolute Gasteiger partial charge is 0.411 e. The van der Waals surface area contributed by atoms with Crippen molar-refractivity contribution in [1.82, 2.24) is 5.32 Å². The van der Waals surface area contributed by atoms with E-state index in [0.29, 0.717) is 17.3 Å². The third-order valence-electron chi connectivity index (χ3n) is 5.83. The van der Waals surface area contributed by atoms with Crippen LogP contribution in [0, 0.1) is 17.3 Å². The van der Waals surface area contributed by atoms with Crippen molar-refractivity contribution in [2.75, 3.05) is 0 Å². The van der Waals surface area contributed by atoms with E-state index in [0.717, 1.165) is 18.7 Å². The molecule has 3 atom stereocenters. The van der Waals surface area contributed by atoms with Gasteiger partial charge >= 0.3 is 0 Å². The van der Waals surface area contributed by atoms with E-state index in [1.165, 1.54) is 12.0 Å². The van der Waals surface area contributed by atoms with Gasteiger partial charge in [0.05, 0.1) is 11.3 Å². The minimum absolute atomic E-state index is 0.192. The molecule has 4 rings (SSSR count). The zero-order valence-electron chi connectivity index (χ0n) is 12.6. The van der Waals surface area contributed by atoms with Gasteiger partial charge in [0, 0.05) is 6.54 Å². The van der Waals surface area contributed by atoms with Gasteiger partial charge in [0.1, 0.15) is 0 Å². The van der Waals surface area contributed by atoms with E-state index in [4.69, 9.17) is 0 Å². The molecule has 20 heavy (non-hydrogen) atoms. The number of benzene rings is 1. The topological polar surface area (TPSA) is 44.6 Å². The Labute approximate surface area is 121 Å². The SMILES string of the molecule is CC1(C)[C@@H]2C/C(=N/O)[C@](C)(NCc3ccccc3)[C@H]1C2. The van der Waals surface area contributed by atoms with Crippen LogP contribution >= 0.6 is 0 Å². The lowest BCUT2D eigenvalue weighted by molar-refractivity contribution is -0.0739. The Hall–Kier alpha value is -1.35. The highest BCUT2D eigenvalue weighted by molar-refractivity contribution is 5.95. The van der Waals surface area contributed by atoms with E-state index in [-0.39, 0.29) is 5.54 Å². The van der Waals surface area contributed by atoms with E-state index in [1.807, 2.05) is 6.07 Å². The molecule has 0 amide bonds. The molecule has 3 nitrogen and oxygen atoms in total. The summed E-state index contributed by atoms with van der Waals surface area (Å²) < 4.78 is 0. The van der Waals surface area contributed by atoms with Crippen LogP contribution in [0.25, 0.3) is 0 Å². The number of hydrogen-bond acceptors (Lipinski definition) is 3. The Morgan fingerprint density at radius 1 is 1.25 bits per heavy atom. The van der Waals surface area contributed by atoms with E-state index in [1.54, 1.807) is 0 Å². The van der Waals surface area contributed by atoms with E-state index < -0.39 is 0 Å². The Balaban J connectivity index is 1.81. The number of fused-ring (bicyclic) bond motifs is 2. The molecule has 3 aliphatic rings. The van der Waals surface area contributed by atoms with Crippen molar-refractivity contribution in [1.29, 1.82) is 0 Å². The molecule has 0 saturated heterocycles. The maximum atomic E-state index is 9.38. The predicted molar refractivity (Wildman–Crippen MR) is 80.9 cm³/mol. The fourth-order valence-electron chi connectivity index (χ4n) is 4.24. The van der Waals surface area contributed by atoms with Gasteiger partial charge in [-0.1, -0.05) is 49.3 Å². The minimum atomic E-state index is -0.192. The van der Waals surface area contributed by atoms with Crippen LogP contribution in [0.2, 0.25) is 0 Å². The first-order valence-corrected chi connectivity index (χ1v) is 7.49. The second-order valence-corrected chi connectivity index (χ2v) is 7.10. The lowest BCUT2D eigenvalue weighted by atomic mass is 9.43. The molecule has 3 heteroatoms. The van der Waals surface area contributed by atoms with Crippen LogP contribution in [0.3, 0.4) is 0 Å². The van der Waals surface area contributed by atoms with Gasteiger partial charge in [0.15, 0.2) is 0 Å². The summed E-state index contributed by atoms with van der Waals surface area (Å²) in [5.41, 5.74) is 2.34. The molecule has 1 aromatic rings. The lowest BCUT2D eigenvalue weighted by Crippen LogP contribution is -2.70. The second kappa shape index (κ2) is 4.59. The molecule has 0 aromatic heterocycles. The number of oxime groups is 1. The molecule has 2 N–H and O–H groups in total. The highest BCUT2D eigenvalue weighted by Gasteiger charge is 2.62. The standard InChI is InChI=1S/C17H24N2O/c1-16(2)13-9-14(16)17(3,15(10-13)19-20)18-11-12-7-5-4-6-8-12/h4-8,13-14,18,20H,9-11H2,1-3H3/b19-15-/t13-,14-,17+/m0/s1. The molecule has 0 spiro atoms. The van der Waals surface area contributed by atoms with Gasteiger partial charge in [-0.05, 0) is 42.6 Å². The summed E-state index contributed by atoms with van der Waals surface area (Å²) in [5.74, 6) is 1.22. The van der Waals surface area contributed by atoms with Gasteiger partial charge < -0.3 is 10.5 Å². The molecule has 3 aliphatic carbocycles. The third kappa shape index (κ3) is 1.87. The molecule has 0 aliphatic heterocycles. The third-order valence-corrected chi connectivity index (χ3v) is 5.83. The van der Waals surface area contributed by atoms with Crippen molar-refractivity contribution < 1.29 is 5.21 Å². The van der Waals surface area contributed by atoms with Crippen molar-refractivity contribution in [3.8, 4) is 0 Å². The Bertz CT molecular complexity index is 523. The van der Waals surface area contributed by atoms with Crippen LogP contribution in [0.5, 0.6) is 0 Å². The molecule has 3 fully saturated rings. The van der Waals surface area contributed by atoms with Gasteiger partial charge in [-0.3, -0.25) is 0 Å². The summed E-state index contributed by atoms with van der Waals surface area (Å²) >= 11 is 0. The first-order valence-electron chi connectivity index (χ1n) is 7.49. The van der Waals surface area contributed by atoms with Crippen LogP contribution < -0.4 is 5.32 Å². The first-order chi connectivity index (χ1) is 9.48. The molecule has 3 saturated carbocycles. The van der Waals surface area contributed by atoms with Gasteiger partial charge in [-0.15, -0.1) is 0 Å². The van der Waals surface area contributed by atoms with Gasteiger partial charge in [0.2, 0.25) is 0 Å². The van der Waals surface area contributed by atoms with Crippen LogP contribution in [0.4, 0.5) is 0 Å². The molecule has 0 unspecified atom stereocenters. The molecule has 1 aromatic carbocycles. The van der Waals surface area contributed by atoms with E-state index >= 15 is 0 Å². The second-order valence-electron chi connectivity index (χ2n) is 7.10. The van der Waals surface area contributed by atoms with Crippen molar-refractivity contribution in [2.45, 2.75) is 45.7 Å². The Kier molecular flexibility index (Phi) is 3.13. The average molecular weight is 272 g/mol. The number of nitrogens with one attached hydrogen (secondary N) is 1. The number of nitrogens with zero attached hydrogens (tertiary/aromatic N) is 1. The summed E-state index contributed by atoms with van der Waals surface area (Å²) in [6, 6.07) is 10.4. The molecular formula is C17H24N2O. The molecule has 2 bridgehead atoms. The Morgan fingerprint density at radius 3 is 2.55 bits per heavy atom. The fraction of sp³-hybridized carbons (Fsp3) is 0.588. The smallest absolute Gasteiger partial charge is 0.0774 e. The van der Waals surface area contributed by atoms with Crippen LogP contribution in [-0.2, 0) is 6.54 Å². The zero-order valence-corrected chi connectivity index (χ0v) is 12.6. The zero-order chi connectivity index (χ0) is 14.4. The lowest BCUT2D eigenvalue weighted by Gasteiger charge is -2.64. The van der Waals surface area contributed by atoms with Gasteiger partial charge in [-0.2, -0.15) is 0 Å². The highest BCUT2D eigenvalue weighted by Crippen LogP contribution is 2.61.